The molecular formula is C23H28FN4O9P. The smallest absolute Gasteiger partial charge is 0.459 e. The molecule has 1 aromatic heterocycles. The Bertz CT molecular complexity index is 1300. The van der Waals surface area contributed by atoms with E-state index in [1.807, 2.05) is 0 Å². The number of terminal acetylenes is 1. The topological polar surface area (TPSA) is 184 Å². The number of nitrogens with zero attached hydrogens (tertiary/aromatic N) is 2. The summed E-state index contributed by atoms with van der Waals surface area (Å²) in [6.45, 7) is 3.76. The maximum atomic E-state index is 14.0. The highest BCUT2D eigenvalue weighted by atomic mass is 31.2. The van der Waals surface area contributed by atoms with Crippen molar-refractivity contribution in [1.82, 2.24) is 14.6 Å². The van der Waals surface area contributed by atoms with Crippen LogP contribution in [-0.2, 0) is 23.4 Å². The van der Waals surface area contributed by atoms with Gasteiger partial charge in [-0.1, -0.05) is 24.1 Å². The molecule has 5 N–H and O–H groups in total. The van der Waals surface area contributed by atoms with Crippen molar-refractivity contribution in [3.63, 3.8) is 0 Å². The highest BCUT2D eigenvalue weighted by Crippen LogP contribution is 2.47. The van der Waals surface area contributed by atoms with E-state index in [2.05, 4.69) is 16.0 Å². The van der Waals surface area contributed by atoms with Gasteiger partial charge in [-0.05, 0) is 32.9 Å². The fraction of sp³-hybridized carbons (Fsp3) is 0.435. The van der Waals surface area contributed by atoms with E-state index >= 15 is 0 Å². The summed E-state index contributed by atoms with van der Waals surface area (Å²) in [5.41, 5.74) is 2.00. The second-order valence-electron chi connectivity index (χ2n) is 8.65. The number of rotatable bonds is 10. The molecule has 1 unspecified atom stereocenters. The minimum absolute atomic E-state index is 0.100. The van der Waals surface area contributed by atoms with Gasteiger partial charge in [-0.15, -0.1) is 6.42 Å². The number of aliphatic hydroxyl groups excluding tert-OH is 2. The zero-order chi connectivity index (χ0) is 28.3. The number of nitrogens with one attached hydrogen (secondary N) is 1. The molecule has 2 aromatic rings. The average Bonchev–Trinajstić information content (AvgIpc) is 3.11. The van der Waals surface area contributed by atoms with Crippen molar-refractivity contribution in [2.75, 3.05) is 12.3 Å². The molecule has 0 saturated carbocycles. The Morgan fingerprint density at radius 1 is 1.37 bits per heavy atom. The van der Waals surface area contributed by atoms with Crippen molar-refractivity contribution in [2.24, 2.45) is 0 Å². The van der Waals surface area contributed by atoms with Gasteiger partial charge in [0.25, 0.3) is 0 Å². The fourth-order valence-corrected chi connectivity index (χ4v) is 4.96. The van der Waals surface area contributed by atoms with Crippen molar-refractivity contribution in [2.45, 2.75) is 57.0 Å². The summed E-state index contributed by atoms with van der Waals surface area (Å²) in [6.07, 6.45) is 0.295. The number of aliphatic hydroxyl groups is 2. The molecule has 0 radical (unpaired) electrons. The van der Waals surface area contributed by atoms with Crippen LogP contribution in [0.2, 0.25) is 0 Å². The van der Waals surface area contributed by atoms with Gasteiger partial charge in [-0.3, -0.25) is 13.9 Å². The highest BCUT2D eigenvalue weighted by Gasteiger charge is 2.56. The lowest BCUT2D eigenvalue weighted by atomic mass is 9.97. The number of nitrogens with two attached hydrogens (primary N) is 1. The number of carbonyl (C=O) groups is 1. The van der Waals surface area contributed by atoms with Gasteiger partial charge >= 0.3 is 19.4 Å². The third-order valence-electron chi connectivity index (χ3n) is 5.35. The summed E-state index contributed by atoms with van der Waals surface area (Å²) in [4.78, 5) is 27.8. The van der Waals surface area contributed by atoms with Gasteiger partial charge in [0, 0.05) is 0 Å². The molecule has 0 aliphatic carbocycles. The van der Waals surface area contributed by atoms with Gasteiger partial charge in [0.05, 0.1) is 12.3 Å². The molecule has 3 rings (SSSR count). The third-order valence-corrected chi connectivity index (χ3v) is 6.98. The largest absolute Gasteiger partial charge is 0.462 e. The first-order valence-electron chi connectivity index (χ1n) is 11.3. The Labute approximate surface area is 217 Å². The van der Waals surface area contributed by atoms with Crippen LogP contribution < -0.4 is 21.0 Å². The number of aromatic nitrogens is 2. The van der Waals surface area contributed by atoms with E-state index in [1.54, 1.807) is 32.0 Å². The van der Waals surface area contributed by atoms with Crippen molar-refractivity contribution < 1.29 is 42.5 Å². The van der Waals surface area contributed by atoms with Crippen LogP contribution in [0.3, 0.4) is 0 Å². The molecule has 6 atom stereocenters. The van der Waals surface area contributed by atoms with E-state index < -0.39 is 73.8 Å². The van der Waals surface area contributed by atoms with Crippen molar-refractivity contribution in [1.29, 1.82) is 0 Å². The molecule has 1 saturated heterocycles. The molecule has 2 heterocycles. The molecule has 1 aliphatic heterocycles. The van der Waals surface area contributed by atoms with Crippen LogP contribution in [0.25, 0.3) is 0 Å². The molecule has 13 nitrogen and oxygen atoms in total. The van der Waals surface area contributed by atoms with Gasteiger partial charge in [0.15, 0.2) is 23.5 Å². The highest BCUT2D eigenvalue weighted by molar-refractivity contribution is 7.52. The fourth-order valence-electron chi connectivity index (χ4n) is 3.44. The van der Waals surface area contributed by atoms with Crippen LogP contribution >= 0.6 is 7.75 Å². The first-order valence-corrected chi connectivity index (χ1v) is 12.9. The van der Waals surface area contributed by atoms with Crippen molar-refractivity contribution in [3.8, 4) is 18.1 Å². The molecule has 1 fully saturated rings. The summed E-state index contributed by atoms with van der Waals surface area (Å²) in [5.74, 6) is -0.285. The summed E-state index contributed by atoms with van der Waals surface area (Å²) in [7, 11) is -4.44. The Balaban J connectivity index is 1.88. The van der Waals surface area contributed by atoms with Crippen LogP contribution in [0.5, 0.6) is 5.75 Å². The van der Waals surface area contributed by atoms with Crippen molar-refractivity contribution in [3.05, 3.63) is 52.8 Å². The lowest BCUT2D eigenvalue weighted by Gasteiger charge is -2.29. The number of anilines is 1. The lowest BCUT2D eigenvalue weighted by Crippen LogP contribution is -2.46. The van der Waals surface area contributed by atoms with Gasteiger partial charge in [-0.25, -0.2) is 13.8 Å². The number of ether oxygens (including phenoxy) is 2. The minimum Gasteiger partial charge on any atom is -0.462 e. The molecule has 0 spiro atoms. The molecule has 0 bridgehead atoms. The van der Waals surface area contributed by atoms with Crippen molar-refractivity contribution >= 4 is 19.5 Å². The summed E-state index contributed by atoms with van der Waals surface area (Å²) < 4.78 is 50.0. The van der Waals surface area contributed by atoms with Crippen LogP contribution in [0, 0.1) is 18.2 Å². The van der Waals surface area contributed by atoms with Crippen LogP contribution in [-0.4, -0.2) is 62.3 Å². The summed E-state index contributed by atoms with van der Waals surface area (Å²) in [5, 5.41) is 23.8. The quantitative estimate of drug-likeness (QED) is 0.184. The first-order chi connectivity index (χ1) is 17.8. The second-order valence-corrected chi connectivity index (χ2v) is 10.3. The number of halogens is 1. The predicted octanol–water partition coefficient (Wildman–Crippen LogP) is 0.721. The monoisotopic (exact) mass is 554 g/mol. The van der Waals surface area contributed by atoms with Gasteiger partial charge < -0.3 is 29.9 Å². The van der Waals surface area contributed by atoms with Crippen LogP contribution in [0.4, 0.5) is 10.2 Å². The maximum Gasteiger partial charge on any atom is 0.459 e. The Morgan fingerprint density at radius 3 is 2.63 bits per heavy atom. The normalized spacial score (nSPS) is 25.4. The average molecular weight is 554 g/mol. The maximum absolute atomic E-state index is 14.0. The summed E-state index contributed by atoms with van der Waals surface area (Å²) in [6, 6.07) is 6.65. The number of benzene rings is 1. The predicted molar refractivity (Wildman–Crippen MR) is 131 cm³/mol. The Morgan fingerprint density at radius 2 is 2.03 bits per heavy atom. The lowest BCUT2D eigenvalue weighted by molar-refractivity contribution is -0.149. The SMILES string of the molecule is C#C[C@]1(CO[P@@](=O)(N[C@@H](C)C(=O)OC(C)C)Oc2ccccc2)O[C@@H](n2cc(F)c(N)nc2=O)C(O)[C@H]1O. The minimum atomic E-state index is -4.44. The molecule has 38 heavy (non-hydrogen) atoms. The molecule has 206 valence electrons. The summed E-state index contributed by atoms with van der Waals surface area (Å²) >= 11 is 0. The molecule has 1 aliphatic rings. The van der Waals surface area contributed by atoms with E-state index in [1.165, 1.54) is 19.1 Å². The third kappa shape index (κ3) is 6.39. The number of nitrogen functional groups attached to an aromatic ring is 1. The van der Waals surface area contributed by atoms with Gasteiger partial charge in [0.2, 0.25) is 0 Å². The number of esters is 1. The molecular weight excluding hydrogens is 526 g/mol. The number of hydrogen-bond acceptors (Lipinski definition) is 11. The van der Waals surface area contributed by atoms with Crippen LogP contribution in [0.1, 0.15) is 27.0 Å². The number of carbonyl (C=O) groups excluding carboxylic acids is 1. The number of para-hydroxylation sites is 1. The van der Waals surface area contributed by atoms with Gasteiger partial charge in [-0.2, -0.15) is 10.1 Å². The molecule has 0 amide bonds. The molecule has 15 heteroatoms. The zero-order valence-corrected chi connectivity index (χ0v) is 21.6. The van der Waals surface area contributed by atoms with E-state index in [4.69, 9.17) is 30.7 Å². The van der Waals surface area contributed by atoms with E-state index in [0.29, 0.717) is 10.8 Å². The molecule has 1 aromatic carbocycles. The Kier molecular flexibility index (Phi) is 8.94. The number of hydrogen-bond donors (Lipinski definition) is 4. The van der Waals surface area contributed by atoms with E-state index in [9.17, 15) is 28.8 Å². The van der Waals surface area contributed by atoms with Gasteiger partial charge in [0.1, 0.15) is 30.6 Å². The van der Waals surface area contributed by atoms with E-state index in [0.717, 1.165) is 0 Å². The van der Waals surface area contributed by atoms with Crippen LogP contribution in [0.15, 0.2) is 41.3 Å². The zero-order valence-electron chi connectivity index (χ0n) is 20.7. The second kappa shape index (κ2) is 11.6. The van der Waals surface area contributed by atoms with E-state index in [-0.39, 0.29) is 5.75 Å². The Hall–Kier alpha value is -3.31. The standard InChI is InChI=1S/C23H28FN4O9P/c1-5-23(18(30)17(29)20(36-23)28-11-16(24)19(25)26-22(28)32)12-34-38(33,37-15-9-7-6-8-10-15)27-14(4)21(31)35-13(2)3/h1,6-11,13-14,17-18,20,29-30H,12H2,2-4H3,(H,27,33)(H2,25,26,32)/t14-,17?,18+,20+,23+,38-/m0/s1. The first kappa shape index (κ1) is 29.2.